The number of aromatic hydroxyl groups is 2. The molecule has 6 atom stereocenters. The average Bonchev–Trinajstić information content (AvgIpc) is 2.82. The third-order valence-corrected chi connectivity index (χ3v) is 7.50. The Balaban J connectivity index is 1.66. The molecule has 1 unspecified atom stereocenters. The van der Waals surface area contributed by atoms with E-state index in [0.717, 1.165) is 0 Å². The first-order valence-electron chi connectivity index (χ1n) is 11.7. The van der Waals surface area contributed by atoms with Crippen LogP contribution in [0.1, 0.15) is 75.8 Å². The number of ketones is 3. The number of fused-ring (bicyclic) bond motifs is 3. The zero-order valence-corrected chi connectivity index (χ0v) is 19.7. The molecule has 0 aromatic heterocycles. The molecule has 0 bridgehead atoms. The molecule has 10 nitrogen and oxygen atoms in total. The summed E-state index contributed by atoms with van der Waals surface area (Å²) >= 11 is 0. The third kappa shape index (κ3) is 3.56. The minimum absolute atomic E-state index is 0.00588. The van der Waals surface area contributed by atoms with E-state index in [1.807, 2.05) is 0 Å². The number of hydrogen-bond donors (Lipinski definition) is 5. The lowest BCUT2D eigenvalue weighted by molar-refractivity contribution is -0.247. The molecule has 10 heteroatoms. The van der Waals surface area contributed by atoms with Crippen molar-refractivity contribution in [3.63, 3.8) is 0 Å². The van der Waals surface area contributed by atoms with Crippen LogP contribution in [-0.2, 0) is 20.7 Å². The van der Waals surface area contributed by atoms with Crippen LogP contribution < -0.4 is 5.73 Å². The Morgan fingerprint density at radius 1 is 1.11 bits per heavy atom. The smallest absolute Gasteiger partial charge is 0.198 e. The van der Waals surface area contributed by atoms with E-state index in [2.05, 4.69) is 0 Å². The highest BCUT2D eigenvalue weighted by atomic mass is 16.7. The Labute approximate surface area is 206 Å². The zero-order chi connectivity index (χ0) is 26.1. The molecule has 2 aromatic rings. The number of nitrogens with two attached hydrogens (primary N) is 1. The van der Waals surface area contributed by atoms with Gasteiger partial charge in [-0.15, -0.1) is 0 Å². The van der Waals surface area contributed by atoms with Crippen LogP contribution in [0.2, 0.25) is 0 Å². The molecule has 1 aliphatic heterocycles. The summed E-state index contributed by atoms with van der Waals surface area (Å²) < 4.78 is 11.8. The van der Waals surface area contributed by atoms with Gasteiger partial charge in [-0.25, -0.2) is 0 Å². The normalized spacial score (nSPS) is 31.4. The van der Waals surface area contributed by atoms with E-state index in [-0.39, 0.29) is 46.2 Å². The highest BCUT2D eigenvalue weighted by molar-refractivity contribution is 6.30. The van der Waals surface area contributed by atoms with E-state index in [1.165, 1.54) is 19.1 Å². The summed E-state index contributed by atoms with van der Waals surface area (Å²) in [5.74, 6) is -3.06. The predicted molar refractivity (Wildman–Crippen MR) is 124 cm³/mol. The number of rotatable bonds is 3. The van der Waals surface area contributed by atoms with Crippen molar-refractivity contribution in [2.75, 3.05) is 0 Å². The van der Waals surface area contributed by atoms with Gasteiger partial charge in [-0.3, -0.25) is 14.4 Å². The van der Waals surface area contributed by atoms with Crippen LogP contribution in [0.3, 0.4) is 0 Å². The molecular formula is C26H27NO9. The van der Waals surface area contributed by atoms with Crippen molar-refractivity contribution in [3.05, 3.63) is 57.6 Å². The molecule has 6 N–H and O–H groups in total. The minimum Gasteiger partial charge on any atom is -0.507 e. The van der Waals surface area contributed by atoms with Crippen LogP contribution >= 0.6 is 0 Å². The predicted octanol–water partition coefficient (Wildman–Crippen LogP) is 1.02. The van der Waals surface area contributed by atoms with Crippen LogP contribution in [0, 0.1) is 0 Å². The van der Waals surface area contributed by atoms with Crippen molar-refractivity contribution in [2.24, 2.45) is 5.73 Å². The largest absolute Gasteiger partial charge is 0.507 e. The maximum absolute atomic E-state index is 13.3. The number of phenolic OH excluding ortho intramolecular Hbond substituents is 2. The van der Waals surface area contributed by atoms with Gasteiger partial charge in [-0.1, -0.05) is 24.3 Å². The fraction of sp³-hybridized carbons (Fsp3) is 0.423. The molecule has 0 amide bonds. The first-order valence-corrected chi connectivity index (χ1v) is 11.7. The second-order valence-electron chi connectivity index (χ2n) is 9.80. The lowest BCUT2D eigenvalue weighted by Crippen LogP contribution is -2.52. The molecule has 2 aromatic carbocycles. The van der Waals surface area contributed by atoms with Gasteiger partial charge in [0.05, 0.1) is 29.4 Å². The van der Waals surface area contributed by atoms with Gasteiger partial charge < -0.3 is 35.6 Å². The molecular weight excluding hydrogens is 470 g/mol. The van der Waals surface area contributed by atoms with E-state index in [9.17, 15) is 34.8 Å². The molecule has 0 radical (unpaired) electrons. The van der Waals surface area contributed by atoms with Crippen molar-refractivity contribution in [1.29, 1.82) is 0 Å². The molecule has 5 rings (SSSR count). The molecule has 2 aliphatic carbocycles. The summed E-state index contributed by atoms with van der Waals surface area (Å²) in [6.45, 7) is 2.80. The molecule has 1 saturated heterocycles. The number of hydrogen-bond acceptors (Lipinski definition) is 10. The second kappa shape index (κ2) is 8.46. The van der Waals surface area contributed by atoms with Gasteiger partial charge in [0, 0.05) is 47.6 Å². The fourth-order valence-electron chi connectivity index (χ4n) is 5.42. The molecule has 0 spiro atoms. The first kappa shape index (κ1) is 24.5. The van der Waals surface area contributed by atoms with E-state index < -0.39 is 71.5 Å². The first-order chi connectivity index (χ1) is 16.9. The number of aliphatic hydroxyl groups is 2. The zero-order valence-electron chi connectivity index (χ0n) is 19.7. The van der Waals surface area contributed by atoms with E-state index in [1.54, 1.807) is 19.1 Å². The summed E-state index contributed by atoms with van der Waals surface area (Å²) in [4.78, 5) is 39.0. The molecule has 1 heterocycles. The maximum Gasteiger partial charge on any atom is 0.198 e. The summed E-state index contributed by atoms with van der Waals surface area (Å²) in [6, 6.07) is 5.40. The van der Waals surface area contributed by atoms with Gasteiger partial charge in [-0.2, -0.15) is 0 Å². The van der Waals surface area contributed by atoms with Crippen molar-refractivity contribution >= 4 is 17.3 Å². The molecule has 1 fully saturated rings. The number of phenols is 2. The molecule has 0 saturated carbocycles. The molecule has 3 aliphatic rings. The van der Waals surface area contributed by atoms with E-state index >= 15 is 0 Å². The van der Waals surface area contributed by atoms with E-state index in [0.29, 0.717) is 0 Å². The highest BCUT2D eigenvalue weighted by Crippen LogP contribution is 2.51. The number of ether oxygens (including phenoxy) is 2. The maximum atomic E-state index is 13.3. The number of carbonyl (C=O) groups is 3. The van der Waals surface area contributed by atoms with Crippen molar-refractivity contribution in [1.82, 2.24) is 0 Å². The standard InChI is InChI=1S/C26H27NO9/c1-10-21(29)15(27)7-17(35-10)36-16-9-26(34,11(2)28)8-14-18(16)25(33)20-19(24(14)32)22(30)12-5-3-4-6-13(12)23(20)31/h3-6,10,15-17,21,29,32-34H,7-9,27H2,1-2H3/t10-,15-,16-,17?,21-,26-/m0/s1. The van der Waals surface area contributed by atoms with Gasteiger partial charge >= 0.3 is 0 Å². The van der Waals surface area contributed by atoms with Crippen LogP contribution in [0.15, 0.2) is 24.3 Å². The summed E-state index contributed by atoms with van der Waals surface area (Å²) in [7, 11) is 0. The number of benzene rings is 2. The summed E-state index contributed by atoms with van der Waals surface area (Å²) in [6.07, 6.45) is -4.38. The molecule has 36 heavy (non-hydrogen) atoms. The van der Waals surface area contributed by atoms with Crippen molar-refractivity contribution in [2.45, 2.75) is 69.4 Å². The average molecular weight is 498 g/mol. The number of Topliss-reactive ketones (excluding diaryl/α,β-unsaturated/α-hetero) is 1. The van der Waals surface area contributed by atoms with Gasteiger partial charge in [0.1, 0.15) is 17.1 Å². The molecule has 190 valence electrons. The van der Waals surface area contributed by atoms with Crippen LogP contribution in [0.4, 0.5) is 0 Å². The van der Waals surface area contributed by atoms with Gasteiger partial charge in [0.15, 0.2) is 23.6 Å². The van der Waals surface area contributed by atoms with Crippen LogP contribution in [0.5, 0.6) is 11.5 Å². The number of carbonyl (C=O) groups excluding carboxylic acids is 3. The fourth-order valence-corrected chi connectivity index (χ4v) is 5.42. The van der Waals surface area contributed by atoms with Gasteiger partial charge in [0.25, 0.3) is 0 Å². The SMILES string of the molecule is CC(=O)[C@]1(O)Cc2c(O)c3c(c(O)c2[C@@H](OC2C[C@H](N)[C@@H](O)[C@H](C)O2)C1)C(=O)c1ccccc1C3=O. The third-order valence-electron chi connectivity index (χ3n) is 7.50. The monoisotopic (exact) mass is 497 g/mol. The van der Waals surface area contributed by atoms with Crippen LogP contribution in [0.25, 0.3) is 0 Å². The van der Waals surface area contributed by atoms with E-state index in [4.69, 9.17) is 15.2 Å². The van der Waals surface area contributed by atoms with Crippen molar-refractivity contribution < 1.29 is 44.3 Å². The lowest BCUT2D eigenvalue weighted by atomic mass is 9.72. The highest BCUT2D eigenvalue weighted by Gasteiger charge is 2.49. The lowest BCUT2D eigenvalue weighted by Gasteiger charge is -2.42. The Bertz CT molecular complexity index is 1290. The second-order valence-corrected chi connectivity index (χ2v) is 9.80. The Hall–Kier alpha value is -3.15. The van der Waals surface area contributed by atoms with Crippen LogP contribution in [-0.4, -0.2) is 67.9 Å². The summed E-state index contributed by atoms with van der Waals surface area (Å²) in [5, 5.41) is 43.8. The number of aliphatic hydroxyl groups excluding tert-OH is 1. The van der Waals surface area contributed by atoms with Gasteiger partial charge in [0.2, 0.25) is 0 Å². The quantitative estimate of drug-likeness (QED) is 0.328. The topological polar surface area (TPSA) is 177 Å². The summed E-state index contributed by atoms with van der Waals surface area (Å²) in [5.41, 5.74) is 3.38. The van der Waals surface area contributed by atoms with Crippen molar-refractivity contribution in [3.8, 4) is 11.5 Å². The van der Waals surface area contributed by atoms with Gasteiger partial charge in [-0.05, 0) is 13.8 Å². The Morgan fingerprint density at radius 3 is 2.25 bits per heavy atom. The minimum atomic E-state index is -1.97. The Kier molecular flexibility index (Phi) is 5.77. The Morgan fingerprint density at radius 2 is 1.69 bits per heavy atom.